The summed E-state index contributed by atoms with van der Waals surface area (Å²) in [6.45, 7) is 0. The standard InChI is InChI=1S/C16H15BrO2/c17-14-8-4-5-12(11-14)9-10-15(16(18)19)13-6-2-1-3-7-13/h1-8,11,15H,9-10H2,(H,18,19). The van der Waals surface area contributed by atoms with E-state index in [1.807, 2.05) is 54.6 Å². The van der Waals surface area contributed by atoms with Gasteiger partial charge in [0.15, 0.2) is 0 Å². The summed E-state index contributed by atoms with van der Waals surface area (Å²) in [5.74, 6) is -1.21. The predicted octanol–water partition coefficient (Wildman–Crippen LogP) is 4.25. The van der Waals surface area contributed by atoms with Gasteiger partial charge < -0.3 is 5.11 Å². The average molecular weight is 319 g/mol. The lowest BCUT2D eigenvalue weighted by Gasteiger charge is -2.12. The topological polar surface area (TPSA) is 37.3 Å². The first-order valence-electron chi connectivity index (χ1n) is 6.19. The van der Waals surface area contributed by atoms with Crippen molar-refractivity contribution in [1.29, 1.82) is 0 Å². The highest BCUT2D eigenvalue weighted by Crippen LogP contribution is 2.23. The molecule has 1 atom stereocenters. The van der Waals surface area contributed by atoms with Gasteiger partial charge in [0, 0.05) is 4.47 Å². The molecule has 0 heterocycles. The molecule has 98 valence electrons. The minimum Gasteiger partial charge on any atom is -0.481 e. The molecule has 0 aliphatic rings. The lowest BCUT2D eigenvalue weighted by molar-refractivity contribution is -0.138. The molecule has 1 unspecified atom stereocenters. The minimum atomic E-state index is -0.763. The summed E-state index contributed by atoms with van der Waals surface area (Å²) in [7, 11) is 0. The molecule has 2 rings (SSSR count). The third kappa shape index (κ3) is 3.93. The summed E-state index contributed by atoms with van der Waals surface area (Å²) in [5, 5.41) is 9.35. The van der Waals surface area contributed by atoms with Gasteiger partial charge in [0.2, 0.25) is 0 Å². The lowest BCUT2D eigenvalue weighted by atomic mass is 9.92. The van der Waals surface area contributed by atoms with Gasteiger partial charge in [-0.1, -0.05) is 58.4 Å². The van der Waals surface area contributed by atoms with E-state index >= 15 is 0 Å². The van der Waals surface area contributed by atoms with Crippen LogP contribution in [0.4, 0.5) is 0 Å². The van der Waals surface area contributed by atoms with Gasteiger partial charge in [0.1, 0.15) is 0 Å². The van der Waals surface area contributed by atoms with Crippen molar-refractivity contribution in [3.63, 3.8) is 0 Å². The summed E-state index contributed by atoms with van der Waals surface area (Å²) >= 11 is 3.43. The number of aliphatic carboxylic acids is 1. The molecule has 2 aromatic rings. The lowest BCUT2D eigenvalue weighted by Crippen LogP contribution is -2.12. The highest BCUT2D eigenvalue weighted by atomic mass is 79.9. The number of hydrogen-bond acceptors (Lipinski definition) is 1. The van der Waals surface area contributed by atoms with Crippen LogP contribution in [-0.4, -0.2) is 11.1 Å². The Morgan fingerprint density at radius 1 is 1.11 bits per heavy atom. The molecule has 0 saturated heterocycles. The SMILES string of the molecule is O=C(O)C(CCc1cccc(Br)c1)c1ccccc1. The van der Waals surface area contributed by atoms with Crippen molar-refractivity contribution in [2.24, 2.45) is 0 Å². The van der Waals surface area contributed by atoms with Gasteiger partial charge >= 0.3 is 5.97 Å². The molecule has 0 bridgehead atoms. The Morgan fingerprint density at radius 3 is 2.47 bits per heavy atom. The fraction of sp³-hybridized carbons (Fsp3) is 0.188. The van der Waals surface area contributed by atoms with E-state index in [4.69, 9.17) is 0 Å². The summed E-state index contributed by atoms with van der Waals surface area (Å²) in [4.78, 5) is 11.4. The van der Waals surface area contributed by atoms with Crippen LogP contribution in [0.25, 0.3) is 0 Å². The van der Waals surface area contributed by atoms with Gasteiger partial charge in [0.05, 0.1) is 5.92 Å². The Balaban J connectivity index is 2.08. The van der Waals surface area contributed by atoms with Crippen molar-refractivity contribution in [2.75, 3.05) is 0 Å². The zero-order valence-electron chi connectivity index (χ0n) is 10.4. The van der Waals surface area contributed by atoms with Crippen molar-refractivity contribution in [2.45, 2.75) is 18.8 Å². The van der Waals surface area contributed by atoms with E-state index in [2.05, 4.69) is 15.9 Å². The average Bonchev–Trinajstić information content (AvgIpc) is 2.40. The van der Waals surface area contributed by atoms with Crippen molar-refractivity contribution in [1.82, 2.24) is 0 Å². The second kappa shape index (κ2) is 6.53. The first-order valence-corrected chi connectivity index (χ1v) is 6.98. The van der Waals surface area contributed by atoms with Gasteiger partial charge in [-0.25, -0.2) is 0 Å². The van der Waals surface area contributed by atoms with E-state index in [0.717, 1.165) is 22.0 Å². The van der Waals surface area contributed by atoms with E-state index in [0.29, 0.717) is 6.42 Å². The predicted molar refractivity (Wildman–Crippen MR) is 79.3 cm³/mol. The van der Waals surface area contributed by atoms with Crippen molar-refractivity contribution < 1.29 is 9.90 Å². The molecule has 0 aromatic heterocycles. The Kier molecular flexibility index (Phi) is 4.74. The molecule has 0 radical (unpaired) electrons. The molecule has 2 nitrogen and oxygen atoms in total. The van der Waals surface area contributed by atoms with Crippen LogP contribution >= 0.6 is 15.9 Å². The quantitative estimate of drug-likeness (QED) is 0.894. The second-order valence-corrected chi connectivity index (χ2v) is 5.39. The third-order valence-electron chi connectivity index (χ3n) is 3.11. The van der Waals surface area contributed by atoms with Crippen LogP contribution in [0.1, 0.15) is 23.5 Å². The number of carbonyl (C=O) groups is 1. The molecular formula is C16H15BrO2. The molecule has 0 saturated carbocycles. The van der Waals surface area contributed by atoms with Gasteiger partial charge in [-0.2, -0.15) is 0 Å². The number of aryl methyl sites for hydroxylation is 1. The normalized spacial score (nSPS) is 12.1. The van der Waals surface area contributed by atoms with E-state index in [-0.39, 0.29) is 0 Å². The number of rotatable bonds is 5. The Labute approximate surface area is 121 Å². The number of hydrogen-bond donors (Lipinski definition) is 1. The van der Waals surface area contributed by atoms with E-state index in [1.165, 1.54) is 0 Å². The maximum Gasteiger partial charge on any atom is 0.310 e. The van der Waals surface area contributed by atoms with Gasteiger partial charge in [0.25, 0.3) is 0 Å². The third-order valence-corrected chi connectivity index (χ3v) is 3.60. The van der Waals surface area contributed by atoms with Gasteiger partial charge in [-0.15, -0.1) is 0 Å². The summed E-state index contributed by atoms with van der Waals surface area (Å²) < 4.78 is 1.02. The highest BCUT2D eigenvalue weighted by Gasteiger charge is 2.19. The van der Waals surface area contributed by atoms with E-state index in [9.17, 15) is 9.90 Å². The monoisotopic (exact) mass is 318 g/mol. The summed E-state index contributed by atoms with van der Waals surface area (Å²) in [6, 6.07) is 17.4. The smallest absolute Gasteiger partial charge is 0.310 e. The summed E-state index contributed by atoms with van der Waals surface area (Å²) in [5.41, 5.74) is 2.02. The highest BCUT2D eigenvalue weighted by molar-refractivity contribution is 9.10. The van der Waals surface area contributed by atoms with Crippen LogP contribution < -0.4 is 0 Å². The molecule has 0 amide bonds. The molecule has 1 N–H and O–H groups in total. The Hall–Kier alpha value is -1.61. The fourth-order valence-corrected chi connectivity index (χ4v) is 2.57. The minimum absolute atomic E-state index is 0.444. The Bertz CT molecular complexity index is 552. The molecule has 0 aliphatic carbocycles. The first kappa shape index (κ1) is 13.8. The first-order chi connectivity index (χ1) is 9.16. The van der Waals surface area contributed by atoms with Crippen molar-refractivity contribution >= 4 is 21.9 Å². The largest absolute Gasteiger partial charge is 0.481 e. The van der Waals surface area contributed by atoms with Crippen LogP contribution in [0.3, 0.4) is 0 Å². The number of benzene rings is 2. The molecule has 0 aliphatic heterocycles. The van der Waals surface area contributed by atoms with Crippen LogP contribution in [0.5, 0.6) is 0 Å². The second-order valence-electron chi connectivity index (χ2n) is 4.47. The maximum absolute atomic E-state index is 11.4. The maximum atomic E-state index is 11.4. The van der Waals surface area contributed by atoms with Crippen LogP contribution in [-0.2, 0) is 11.2 Å². The van der Waals surface area contributed by atoms with Crippen LogP contribution in [0.15, 0.2) is 59.1 Å². The van der Waals surface area contributed by atoms with Gasteiger partial charge in [-0.05, 0) is 36.1 Å². The molecule has 3 heteroatoms. The molecule has 2 aromatic carbocycles. The fourth-order valence-electron chi connectivity index (χ4n) is 2.12. The molecule has 0 fully saturated rings. The number of carboxylic acid groups (broad SMARTS) is 1. The van der Waals surface area contributed by atoms with Crippen molar-refractivity contribution in [3.05, 3.63) is 70.2 Å². The van der Waals surface area contributed by atoms with E-state index < -0.39 is 11.9 Å². The Morgan fingerprint density at radius 2 is 1.84 bits per heavy atom. The number of carboxylic acids is 1. The number of halogens is 1. The molecule has 0 spiro atoms. The van der Waals surface area contributed by atoms with Crippen LogP contribution in [0, 0.1) is 0 Å². The van der Waals surface area contributed by atoms with Crippen molar-refractivity contribution in [3.8, 4) is 0 Å². The van der Waals surface area contributed by atoms with E-state index in [1.54, 1.807) is 0 Å². The zero-order valence-corrected chi connectivity index (χ0v) is 12.0. The molecular weight excluding hydrogens is 304 g/mol. The van der Waals surface area contributed by atoms with Gasteiger partial charge in [-0.3, -0.25) is 4.79 Å². The summed E-state index contributed by atoms with van der Waals surface area (Å²) in [6.07, 6.45) is 1.36. The molecule has 19 heavy (non-hydrogen) atoms. The van der Waals surface area contributed by atoms with Crippen LogP contribution in [0.2, 0.25) is 0 Å². The zero-order chi connectivity index (χ0) is 13.7.